The summed E-state index contributed by atoms with van der Waals surface area (Å²) in [4.78, 5) is 0. The molecule has 0 amide bonds. The van der Waals surface area contributed by atoms with Gasteiger partial charge >= 0.3 is 0 Å². The summed E-state index contributed by atoms with van der Waals surface area (Å²) in [5.41, 5.74) is 2.87. The zero-order valence-electron chi connectivity index (χ0n) is 6.66. The largest absolute Gasteiger partial charge is 0.0999 e. The summed E-state index contributed by atoms with van der Waals surface area (Å²) in [5.74, 6) is 0. The highest BCUT2D eigenvalue weighted by Gasteiger charge is 2.04. The van der Waals surface area contributed by atoms with Crippen LogP contribution in [0.3, 0.4) is 0 Å². The quantitative estimate of drug-likeness (QED) is 0.447. The molecule has 0 heterocycles. The Balaban J connectivity index is 0.000000108. The van der Waals surface area contributed by atoms with Crippen molar-refractivity contribution in [3.63, 3.8) is 0 Å². The van der Waals surface area contributed by atoms with Gasteiger partial charge in [-0.2, -0.15) is 0 Å². The van der Waals surface area contributed by atoms with Crippen molar-refractivity contribution in [3.05, 3.63) is 24.3 Å². The van der Waals surface area contributed by atoms with Crippen LogP contribution in [0.1, 0.15) is 38.5 Å². The van der Waals surface area contributed by atoms with Crippen LogP contribution in [0, 0.1) is 0 Å². The van der Waals surface area contributed by atoms with Gasteiger partial charge in [-0.1, -0.05) is 24.3 Å². The van der Waals surface area contributed by atoms with E-state index in [1.807, 2.05) is 0 Å². The second-order valence-electron chi connectivity index (χ2n) is 3.21. The first-order chi connectivity index (χ1) is 4.79. The Morgan fingerprint density at radius 1 is 0.700 bits per heavy atom. The van der Waals surface area contributed by atoms with E-state index in [4.69, 9.17) is 0 Å². The van der Waals surface area contributed by atoms with Gasteiger partial charge in [0.1, 0.15) is 0 Å². The van der Waals surface area contributed by atoms with Gasteiger partial charge in [0.15, 0.2) is 0 Å². The summed E-state index contributed by atoms with van der Waals surface area (Å²) in [6, 6.07) is 0. The van der Waals surface area contributed by atoms with Crippen LogP contribution in [0.15, 0.2) is 24.3 Å². The molecule has 0 bridgehead atoms. The molecule has 2 saturated carbocycles. The van der Waals surface area contributed by atoms with Crippen LogP contribution in [0.25, 0.3) is 0 Å². The van der Waals surface area contributed by atoms with E-state index in [1.165, 1.54) is 49.7 Å². The maximum absolute atomic E-state index is 3.85. The zero-order chi connectivity index (χ0) is 7.40. The van der Waals surface area contributed by atoms with Crippen LogP contribution in [0.5, 0.6) is 0 Å². The van der Waals surface area contributed by atoms with Gasteiger partial charge in [0.05, 0.1) is 0 Å². The average molecular weight is 136 g/mol. The van der Waals surface area contributed by atoms with Crippen LogP contribution in [0.4, 0.5) is 0 Å². The van der Waals surface area contributed by atoms with Gasteiger partial charge in [-0.25, -0.2) is 0 Å². The van der Waals surface area contributed by atoms with E-state index in [-0.39, 0.29) is 0 Å². The molecule has 0 atom stereocenters. The predicted molar refractivity (Wildman–Crippen MR) is 46.0 cm³/mol. The number of allylic oxidation sites excluding steroid dienone is 2. The summed E-state index contributed by atoms with van der Waals surface area (Å²) in [7, 11) is 0. The fourth-order valence-electron chi connectivity index (χ4n) is 0.963. The highest BCUT2D eigenvalue weighted by atomic mass is 14.1. The minimum Gasteiger partial charge on any atom is -0.0999 e. The molecule has 0 aliphatic heterocycles. The van der Waals surface area contributed by atoms with Crippen LogP contribution < -0.4 is 0 Å². The molecule has 0 aromatic carbocycles. The average Bonchev–Trinajstić information content (AvgIpc) is 2.50. The normalized spacial score (nSPS) is 22.0. The van der Waals surface area contributed by atoms with Gasteiger partial charge in [0.2, 0.25) is 0 Å². The molecule has 56 valence electrons. The molecule has 0 radical (unpaired) electrons. The van der Waals surface area contributed by atoms with Gasteiger partial charge < -0.3 is 0 Å². The van der Waals surface area contributed by atoms with Gasteiger partial charge in [0, 0.05) is 0 Å². The molecule has 0 heteroatoms. The lowest BCUT2D eigenvalue weighted by Crippen LogP contribution is -1.59. The SMILES string of the molecule is C=C1CC1.C=C1CCCC1. The van der Waals surface area contributed by atoms with Crippen molar-refractivity contribution < 1.29 is 0 Å². The minimum absolute atomic E-state index is 1.29. The Bertz CT molecular complexity index is 128. The molecule has 0 unspecified atom stereocenters. The topological polar surface area (TPSA) is 0 Å². The lowest BCUT2D eigenvalue weighted by atomic mass is 10.3. The lowest BCUT2D eigenvalue weighted by molar-refractivity contribution is 0.886. The molecule has 2 fully saturated rings. The van der Waals surface area contributed by atoms with Crippen molar-refractivity contribution in [1.82, 2.24) is 0 Å². The van der Waals surface area contributed by atoms with Crippen molar-refractivity contribution in [2.75, 3.05) is 0 Å². The lowest BCUT2D eigenvalue weighted by Gasteiger charge is -1.80. The van der Waals surface area contributed by atoms with E-state index in [0.29, 0.717) is 0 Å². The van der Waals surface area contributed by atoms with E-state index in [0.717, 1.165) is 0 Å². The Labute approximate surface area is 63.6 Å². The van der Waals surface area contributed by atoms with Crippen molar-refractivity contribution in [2.45, 2.75) is 38.5 Å². The first kappa shape index (κ1) is 7.59. The summed E-state index contributed by atoms with van der Waals surface area (Å²) in [5, 5.41) is 0. The smallest absolute Gasteiger partial charge is 0.0286 e. The van der Waals surface area contributed by atoms with E-state index in [2.05, 4.69) is 13.2 Å². The van der Waals surface area contributed by atoms with Gasteiger partial charge in [-0.3, -0.25) is 0 Å². The van der Waals surface area contributed by atoms with Gasteiger partial charge in [-0.05, 0) is 38.5 Å². The molecule has 2 rings (SSSR count). The molecule has 0 saturated heterocycles. The number of hydrogen-bond donors (Lipinski definition) is 0. The summed E-state index contributed by atoms with van der Waals surface area (Å²) in [6.07, 6.45) is 7.94. The molecule has 0 aromatic rings. The Kier molecular flexibility index (Phi) is 2.73. The van der Waals surface area contributed by atoms with Gasteiger partial charge in [0.25, 0.3) is 0 Å². The molecule has 2 aliphatic rings. The fourth-order valence-corrected chi connectivity index (χ4v) is 0.963. The van der Waals surface area contributed by atoms with Crippen LogP contribution in [-0.4, -0.2) is 0 Å². The third-order valence-corrected chi connectivity index (χ3v) is 1.91. The third kappa shape index (κ3) is 3.49. The fraction of sp³-hybridized carbons (Fsp3) is 0.600. The molecular formula is C10H16. The molecule has 0 nitrogen and oxygen atoms in total. The van der Waals surface area contributed by atoms with E-state index in [1.54, 1.807) is 0 Å². The van der Waals surface area contributed by atoms with Gasteiger partial charge in [-0.15, -0.1) is 0 Å². The predicted octanol–water partition coefficient (Wildman–Crippen LogP) is 3.45. The third-order valence-electron chi connectivity index (χ3n) is 1.91. The Hall–Kier alpha value is -0.520. The van der Waals surface area contributed by atoms with Crippen molar-refractivity contribution in [2.24, 2.45) is 0 Å². The molecule has 0 spiro atoms. The van der Waals surface area contributed by atoms with E-state index in [9.17, 15) is 0 Å². The van der Waals surface area contributed by atoms with Crippen LogP contribution >= 0.6 is 0 Å². The maximum atomic E-state index is 3.85. The highest BCUT2D eigenvalue weighted by Crippen LogP contribution is 2.23. The summed E-state index contributed by atoms with van der Waals surface area (Å²) in [6.45, 7) is 7.52. The molecule has 0 N–H and O–H groups in total. The molecule has 0 aromatic heterocycles. The monoisotopic (exact) mass is 136 g/mol. The second-order valence-corrected chi connectivity index (χ2v) is 3.21. The maximum Gasteiger partial charge on any atom is -0.0286 e. The van der Waals surface area contributed by atoms with E-state index >= 15 is 0 Å². The highest BCUT2D eigenvalue weighted by molar-refractivity contribution is 5.09. The minimum atomic E-state index is 1.29. The molecule has 2 aliphatic carbocycles. The van der Waals surface area contributed by atoms with Crippen molar-refractivity contribution in [3.8, 4) is 0 Å². The van der Waals surface area contributed by atoms with Crippen molar-refractivity contribution >= 4 is 0 Å². The first-order valence-electron chi connectivity index (χ1n) is 4.12. The standard InChI is InChI=1S/C6H10.C4H6/c1-6-4-2-3-5-6;1-4-2-3-4/h1-5H2;1-3H2. The molecule has 10 heavy (non-hydrogen) atoms. The second kappa shape index (κ2) is 3.60. The van der Waals surface area contributed by atoms with E-state index < -0.39 is 0 Å². The van der Waals surface area contributed by atoms with Crippen molar-refractivity contribution in [1.29, 1.82) is 0 Å². The Morgan fingerprint density at radius 3 is 1.20 bits per heavy atom. The summed E-state index contributed by atoms with van der Waals surface area (Å²) < 4.78 is 0. The zero-order valence-corrected chi connectivity index (χ0v) is 6.66. The summed E-state index contributed by atoms with van der Waals surface area (Å²) >= 11 is 0. The first-order valence-corrected chi connectivity index (χ1v) is 4.12. The van der Waals surface area contributed by atoms with Crippen LogP contribution in [-0.2, 0) is 0 Å². The molecular weight excluding hydrogens is 120 g/mol. The Morgan fingerprint density at radius 2 is 1.10 bits per heavy atom. The number of hydrogen-bond acceptors (Lipinski definition) is 0. The number of rotatable bonds is 0. The van der Waals surface area contributed by atoms with Crippen LogP contribution in [0.2, 0.25) is 0 Å².